The molecule has 0 bridgehead atoms. The van der Waals surface area contributed by atoms with Crippen LogP contribution < -0.4 is 5.73 Å². The van der Waals surface area contributed by atoms with Gasteiger partial charge in [0.05, 0.1) is 5.52 Å². The molecule has 0 aliphatic carbocycles. The zero-order valence-electron chi connectivity index (χ0n) is 7.94. The first kappa shape index (κ1) is 9.49. The van der Waals surface area contributed by atoms with E-state index in [0.29, 0.717) is 17.6 Å². The van der Waals surface area contributed by atoms with Crippen LogP contribution in [0.4, 0.5) is 0 Å². The van der Waals surface area contributed by atoms with Gasteiger partial charge in [-0.25, -0.2) is 4.98 Å². The Bertz CT molecular complexity index is 450. The molecule has 0 aromatic carbocycles. The van der Waals surface area contributed by atoms with Crippen molar-refractivity contribution < 1.29 is 0 Å². The molecule has 2 heterocycles. The summed E-state index contributed by atoms with van der Waals surface area (Å²) in [6.07, 6.45) is 1.74. The molecule has 0 saturated heterocycles. The van der Waals surface area contributed by atoms with E-state index in [1.165, 1.54) is 0 Å². The molecule has 3 nitrogen and oxygen atoms in total. The van der Waals surface area contributed by atoms with Gasteiger partial charge in [-0.2, -0.15) is 0 Å². The van der Waals surface area contributed by atoms with Crippen molar-refractivity contribution in [2.45, 2.75) is 12.8 Å². The maximum Gasteiger partial charge on any atom is 0.154 e. The molecule has 1 atom stereocenters. The smallest absolute Gasteiger partial charge is 0.154 e. The van der Waals surface area contributed by atoms with E-state index in [1.54, 1.807) is 6.33 Å². The molecule has 74 valence electrons. The number of nitrogens with zero attached hydrogens (tertiary/aromatic N) is 2. The van der Waals surface area contributed by atoms with Crippen molar-refractivity contribution in [3.63, 3.8) is 0 Å². The largest absolute Gasteiger partial charge is 0.330 e. The molecule has 0 aliphatic heterocycles. The van der Waals surface area contributed by atoms with E-state index < -0.39 is 0 Å². The zero-order valence-corrected chi connectivity index (χ0v) is 8.70. The highest BCUT2D eigenvalue weighted by molar-refractivity contribution is 6.32. The highest BCUT2D eigenvalue weighted by Gasteiger charge is 2.09. The van der Waals surface area contributed by atoms with E-state index in [1.807, 2.05) is 22.6 Å². The normalized spacial score (nSPS) is 13.4. The van der Waals surface area contributed by atoms with Crippen molar-refractivity contribution in [2.75, 3.05) is 6.54 Å². The standard InChI is InChI=1S/C10H12ClN3/c1-7(5-12)8-3-2-4-9-10(11)13-6-14(8)9/h2-4,6-7H,5,12H2,1H3. The summed E-state index contributed by atoms with van der Waals surface area (Å²) in [5.41, 5.74) is 7.71. The summed E-state index contributed by atoms with van der Waals surface area (Å²) in [6, 6.07) is 5.97. The highest BCUT2D eigenvalue weighted by atomic mass is 35.5. The van der Waals surface area contributed by atoms with Gasteiger partial charge in [-0.3, -0.25) is 0 Å². The maximum absolute atomic E-state index is 5.93. The predicted octanol–water partition coefficient (Wildman–Crippen LogP) is 2.05. The fourth-order valence-corrected chi connectivity index (χ4v) is 1.73. The van der Waals surface area contributed by atoms with Crippen LogP contribution >= 0.6 is 11.6 Å². The van der Waals surface area contributed by atoms with Gasteiger partial charge in [0, 0.05) is 18.2 Å². The molecular weight excluding hydrogens is 198 g/mol. The number of rotatable bonds is 2. The van der Waals surface area contributed by atoms with Crippen LogP contribution in [0, 0.1) is 0 Å². The Hall–Kier alpha value is -1.06. The summed E-state index contributed by atoms with van der Waals surface area (Å²) in [4.78, 5) is 4.06. The number of hydrogen-bond acceptors (Lipinski definition) is 2. The van der Waals surface area contributed by atoms with Gasteiger partial charge in [-0.1, -0.05) is 24.6 Å². The first-order valence-electron chi connectivity index (χ1n) is 4.55. The van der Waals surface area contributed by atoms with Gasteiger partial charge in [0.2, 0.25) is 0 Å². The Morgan fingerprint density at radius 1 is 1.57 bits per heavy atom. The van der Waals surface area contributed by atoms with Crippen molar-refractivity contribution in [2.24, 2.45) is 5.73 Å². The minimum atomic E-state index is 0.309. The molecule has 1 unspecified atom stereocenters. The first-order valence-corrected chi connectivity index (χ1v) is 4.93. The molecule has 2 N–H and O–H groups in total. The van der Waals surface area contributed by atoms with E-state index in [-0.39, 0.29) is 0 Å². The van der Waals surface area contributed by atoms with Crippen LogP contribution in [0.2, 0.25) is 5.15 Å². The summed E-state index contributed by atoms with van der Waals surface area (Å²) >= 11 is 5.93. The van der Waals surface area contributed by atoms with Crippen LogP contribution in [0.3, 0.4) is 0 Å². The van der Waals surface area contributed by atoms with Gasteiger partial charge >= 0.3 is 0 Å². The number of hydrogen-bond donors (Lipinski definition) is 1. The molecule has 2 rings (SSSR count). The molecule has 0 aliphatic rings. The number of pyridine rings is 1. The average molecular weight is 210 g/mol. The van der Waals surface area contributed by atoms with Crippen molar-refractivity contribution >= 4 is 17.1 Å². The van der Waals surface area contributed by atoms with Gasteiger partial charge in [-0.15, -0.1) is 0 Å². The van der Waals surface area contributed by atoms with Crippen molar-refractivity contribution in [3.8, 4) is 0 Å². The molecule has 0 fully saturated rings. The number of aromatic nitrogens is 2. The molecule has 0 amide bonds. The highest BCUT2D eigenvalue weighted by Crippen LogP contribution is 2.20. The number of nitrogens with two attached hydrogens (primary N) is 1. The summed E-state index contributed by atoms with van der Waals surface area (Å²) in [6.45, 7) is 2.71. The van der Waals surface area contributed by atoms with Crippen molar-refractivity contribution in [3.05, 3.63) is 35.4 Å². The first-order chi connectivity index (χ1) is 6.74. The lowest BCUT2D eigenvalue weighted by Crippen LogP contribution is -2.11. The Morgan fingerprint density at radius 2 is 2.36 bits per heavy atom. The van der Waals surface area contributed by atoms with E-state index in [0.717, 1.165) is 11.2 Å². The third-order valence-electron chi connectivity index (χ3n) is 2.42. The van der Waals surface area contributed by atoms with E-state index >= 15 is 0 Å². The fourth-order valence-electron chi connectivity index (χ4n) is 1.53. The van der Waals surface area contributed by atoms with Gasteiger partial charge in [0.1, 0.15) is 6.33 Å². The average Bonchev–Trinajstić information content (AvgIpc) is 2.59. The van der Waals surface area contributed by atoms with Crippen LogP contribution in [0.5, 0.6) is 0 Å². The molecular formula is C10H12ClN3. The van der Waals surface area contributed by atoms with Crippen LogP contribution in [-0.4, -0.2) is 15.9 Å². The van der Waals surface area contributed by atoms with Crippen molar-refractivity contribution in [1.82, 2.24) is 9.38 Å². The van der Waals surface area contributed by atoms with Gasteiger partial charge in [0.15, 0.2) is 5.15 Å². The predicted molar refractivity (Wildman–Crippen MR) is 57.7 cm³/mol. The second-order valence-corrected chi connectivity index (χ2v) is 3.74. The van der Waals surface area contributed by atoms with Gasteiger partial charge < -0.3 is 10.1 Å². The topological polar surface area (TPSA) is 43.3 Å². The van der Waals surface area contributed by atoms with Crippen LogP contribution in [0.15, 0.2) is 24.5 Å². The third kappa shape index (κ3) is 1.38. The molecule has 0 saturated carbocycles. The van der Waals surface area contributed by atoms with E-state index in [4.69, 9.17) is 17.3 Å². The maximum atomic E-state index is 5.93. The Kier molecular flexibility index (Phi) is 2.44. The zero-order chi connectivity index (χ0) is 10.1. The van der Waals surface area contributed by atoms with Crippen molar-refractivity contribution in [1.29, 1.82) is 0 Å². The summed E-state index contributed by atoms with van der Waals surface area (Å²) in [5.74, 6) is 0.309. The second-order valence-electron chi connectivity index (χ2n) is 3.38. The van der Waals surface area contributed by atoms with Gasteiger partial charge in [-0.05, 0) is 12.1 Å². The molecule has 0 spiro atoms. The number of halogens is 1. The fraction of sp³-hybridized carbons (Fsp3) is 0.300. The quantitative estimate of drug-likeness (QED) is 0.823. The Balaban J connectivity index is 2.65. The molecule has 2 aromatic rings. The lowest BCUT2D eigenvalue weighted by Gasteiger charge is -2.11. The monoisotopic (exact) mass is 209 g/mol. The summed E-state index contributed by atoms with van der Waals surface area (Å²) in [5, 5.41) is 0.538. The van der Waals surface area contributed by atoms with Crippen LogP contribution in [-0.2, 0) is 0 Å². The number of imidazole rings is 1. The molecule has 4 heteroatoms. The van der Waals surface area contributed by atoms with Crippen LogP contribution in [0.1, 0.15) is 18.5 Å². The number of fused-ring (bicyclic) bond motifs is 1. The van der Waals surface area contributed by atoms with E-state index in [2.05, 4.69) is 11.9 Å². The SMILES string of the molecule is CC(CN)c1cccc2c(Cl)ncn12. The molecule has 0 radical (unpaired) electrons. The lowest BCUT2D eigenvalue weighted by atomic mass is 10.1. The van der Waals surface area contributed by atoms with E-state index in [9.17, 15) is 0 Å². The lowest BCUT2D eigenvalue weighted by molar-refractivity contribution is 0.731. The second kappa shape index (κ2) is 3.59. The minimum Gasteiger partial charge on any atom is -0.330 e. The molecule has 2 aromatic heterocycles. The Morgan fingerprint density at radius 3 is 3.07 bits per heavy atom. The Labute approximate surface area is 87.5 Å². The van der Waals surface area contributed by atoms with Gasteiger partial charge in [0.25, 0.3) is 0 Å². The molecule has 14 heavy (non-hydrogen) atoms. The van der Waals surface area contributed by atoms with Crippen LogP contribution in [0.25, 0.3) is 5.52 Å². The summed E-state index contributed by atoms with van der Waals surface area (Å²) in [7, 11) is 0. The third-order valence-corrected chi connectivity index (χ3v) is 2.71. The summed E-state index contributed by atoms with van der Waals surface area (Å²) < 4.78 is 1.99. The minimum absolute atomic E-state index is 0.309.